The predicted molar refractivity (Wildman–Crippen MR) is 69.6 cm³/mol. The summed E-state index contributed by atoms with van der Waals surface area (Å²) in [5.74, 6) is 2.28. The maximum absolute atomic E-state index is 10.6. The molecule has 19 heavy (non-hydrogen) atoms. The van der Waals surface area contributed by atoms with Crippen LogP contribution in [0.4, 0.5) is 5.69 Å². The highest BCUT2D eigenvalue weighted by Crippen LogP contribution is 2.23. The zero-order chi connectivity index (χ0) is 13.4. The lowest BCUT2D eigenvalue weighted by atomic mass is 10.0. The van der Waals surface area contributed by atoms with Crippen LogP contribution < -0.4 is 0 Å². The Morgan fingerprint density at radius 2 is 2.11 bits per heavy atom. The number of hydrogen-bond acceptors (Lipinski definition) is 4. The van der Waals surface area contributed by atoms with Crippen LogP contribution in [0.25, 0.3) is 11.4 Å². The molecule has 0 bridgehead atoms. The second kappa shape index (κ2) is 4.46. The van der Waals surface area contributed by atoms with Gasteiger partial charge in [0.25, 0.3) is 5.69 Å². The maximum Gasteiger partial charge on any atom is 0.269 e. The van der Waals surface area contributed by atoms with E-state index in [0.29, 0.717) is 11.7 Å². The van der Waals surface area contributed by atoms with Crippen LogP contribution in [-0.4, -0.2) is 19.7 Å². The standard InChI is InChI=1S/C13H14N4O2/c1-9-2-7-12-14-13(15-16(12)8-9)10-3-5-11(6-4-10)17(18)19/h3-6,9H,2,7-8H2,1H3. The van der Waals surface area contributed by atoms with Crippen LogP contribution in [0.3, 0.4) is 0 Å². The van der Waals surface area contributed by atoms with Gasteiger partial charge >= 0.3 is 0 Å². The van der Waals surface area contributed by atoms with Crippen molar-refractivity contribution in [2.24, 2.45) is 5.92 Å². The minimum absolute atomic E-state index is 0.0846. The number of rotatable bonds is 2. The number of nitro benzene ring substituents is 1. The lowest BCUT2D eigenvalue weighted by Crippen LogP contribution is -2.18. The third-order valence-electron chi connectivity index (χ3n) is 3.43. The average Bonchev–Trinajstić information content (AvgIpc) is 2.81. The van der Waals surface area contributed by atoms with Gasteiger partial charge in [-0.05, 0) is 24.5 Å². The van der Waals surface area contributed by atoms with Gasteiger partial charge in [-0.25, -0.2) is 9.67 Å². The minimum Gasteiger partial charge on any atom is -0.258 e. The third-order valence-corrected chi connectivity index (χ3v) is 3.43. The van der Waals surface area contributed by atoms with Gasteiger partial charge in [0, 0.05) is 30.7 Å². The summed E-state index contributed by atoms with van der Waals surface area (Å²) in [6.07, 6.45) is 2.08. The van der Waals surface area contributed by atoms with Gasteiger partial charge in [-0.1, -0.05) is 6.92 Å². The van der Waals surface area contributed by atoms with Crippen molar-refractivity contribution in [1.82, 2.24) is 14.8 Å². The zero-order valence-electron chi connectivity index (χ0n) is 10.6. The first kappa shape index (κ1) is 11.8. The molecule has 0 spiro atoms. The molecule has 98 valence electrons. The highest BCUT2D eigenvalue weighted by Gasteiger charge is 2.19. The van der Waals surface area contributed by atoms with Crippen molar-refractivity contribution in [2.75, 3.05) is 0 Å². The first-order chi connectivity index (χ1) is 9.13. The lowest BCUT2D eigenvalue weighted by molar-refractivity contribution is -0.384. The fourth-order valence-corrected chi connectivity index (χ4v) is 2.32. The highest BCUT2D eigenvalue weighted by molar-refractivity contribution is 5.57. The van der Waals surface area contributed by atoms with E-state index in [1.807, 2.05) is 4.68 Å². The molecule has 1 aromatic carbocycles. The van der Waals surface area contributed by atoms with E-state index in [4.69, 9.17) is 0 Å². The molecule has 6 heteroatoms. The van der Waals surface area contributed by atoms with Crippen LogP contribution in [0, 0.1) is 16.0 Å². The number of nitrogens with zero attached hydrogens (tertiary/aromatic N) is 4. The summed E-state index contributed by atoms with van der Waals surface area (Å²) < 4.78 is 1.95. The molecule has 0 fully saturated rings. The summed E-state index contributed by atoms with van der Waals surface area (Å²) >= 11 is 0. The van der Waals surface area contributed by atoms with Crippen molar-refractivity contribution in [2.45, 2.75) is 26.3 Å². The summed E-state index contributed by atoms with van der Waals surface area (Å²) in [7, 11) is 0. The smallest absolute Gasteiger partial charge is 0.258 e. The molecule has 6 nitrogen and oxygen atoms in total. The van der Waals surface area contributed by atoms with Crippen LogP contribution in [-0.2, 0) is 13.0 Å². The van der Waals surface area contributed by atoms with Gasteiger partial charge in [0.2, 0.25) is 0 Å². The molecular weight excluding hydrogens is 244 g/mol. The van der Waals surface area contributed by atoms with E-state index >= 15 is 0 Å². The highest BCUT2D eigenvalue weighted by atomic mass is 16.6. The quantitative estimate of drug-likeness (QED) is 0.612. The Kier molecular flexibility index (Phi) is 2.77. The third kappa shape index (κ3) is 2.21. The summed E-state index contributed by atoms with van der Waals surface area (Å²) in [6.45, 7) is 3.10. The van der Waals surface area contributed by atoms with Gasteiger partial charge in [0.05, 0.1) is 4.92 Å². The predicted octanol–water partition coefficient (Wildman–Crippen LogP) is 2.44. The first-order valence-corrected chi connectivity index (χ1v) is 6.32. The molecule has 2 aromatic rings. The molecule has 3 rings (SSSR count). The maximum atomic E-state index is 10.6. The van der Waals surface area contributed by atoms with Crippen molar-refractivity contribution in [1.29, 1.82) is 0 Å². The van der Waals surface area contributed by atoms with E-state index < -0.39 is 4.92 Å². The molecule has 1 aliphatic heterocycles. The van der Waals surface area contributed by atoms with Gasteiger partial charge in [-0.15, -0.1) is 0 Å². The van der Waals surface area contributed by atoms with Crippen LogP contribution in [0.1, 0.15) is 19.2 Å². The topological polar surface area (TPSA) is 73.8 Å². The number of benzene rings is 1. The number of aryl methyl sites for hydroxylation is 1. The van der Waals surface area contributed by atoms with Crippen molar-refractivity contribution >= 4 is 5.69 Å². The van der Waals surface area contributed by atoms with E-state index in [-0.39, 0.29) is 5.69 Å². The Bertz CT molecular complexity index is 618. The molecule has 1 unspecified atom stereocenters. The fraction of sp³-hybridized carbons (Fsp3) is 0.385. The van der Waals surface area contributed by atoms with Crippen molar-refractivity contribution in [3.63, 3.8) is 0 Å². The van der Waals surface area contributed by atoms with E-state index in [0.717, 1.165) is 30.8 Å². The normalized spacial score (nSPS) is 18.1. The molecule has 0 aliphatic carbocycles. The van der Waals surface area contributed by atoms with E-state index in [9.17, 15) is 10.1 Å². The second-order valence-corrected chi connectivity index (χ2v) is 4.98. The summed E-state index contributed by atoms with van der Waals surface area (Å²) in [4.78, 5) is 14.7. The number of aromatic nitrogens is 3. The lowest BCUT2D eigenvalue weighted by Gasteiger charge is -2.17. The summed E-state index contributed by atoms with van der Waals surface area (Å²) in [5, 5.41) is 15.1. The van der Waals surface area contributed by atoms with E-state index in [2.05, 4.69) is 17.0 Å². The average molecular weight is 258 g/mol. The molecule has 1 aromatic heterocycles. The monoisotopic (exact) mass is 258 g/mol. The van der Waals surface area contributed by atoms with Crippen LogP contribution in [0.5, 0.6) is 0 Å². The molecule has 2 heterocycles. The van der Waals surface area contributed by atoms with Crippen molar-refractivity contribution in [3.05, 3.63) is 40.2 Å². The number of fused-ring (bicyclic) bond motifs is 1. The van der Waals surface area contributed by atoms with Gasteiger partial charge in [0.15, 0.2) is 5.82 Å². The van der Waals surface area contributed by atoms with Gasteiger partial charge < -0.3 is 0 Å². The zero-order valence-corrected chi connectivity index (χ0v) is 10.6. The second-order valence-electron chi connectivity index (χ2n) is 4.98. The Hall–Kier alpha value is -2.24. The Balaban J connectivity index is 1.92. The van der Waals surface area contributed by atoms with E-state index in [1.54, 1.807) is 12.1 Å². The molecule has 0 radical (unpaired) electrons. The molecule has 0 saturated heterocycles. The van der Waals surface area contributed by atoms with Crippen LogP contribution in [0.15, 0.2) is 24.3 Å². The van der Waals surface area contributed by atoms with Gasteiger partial charge in [-0.3, -0.25) is 10.1 Å². The van der Waals surface area contributed by atoms with Crippen molar-refractivity contribution < 1.29 is 4.92 Å². The van der Waals surface area contributed by atoms with Gasteiger partial charge in [-0.2, -0.15) is 5.10 Å². The summed E-state index contributed by atoms with van der Waals surface area (Å²) in [6, 6.07) is 6.36. The SMILES string of the molecule is CC1CCc2nc(-c3ccc([N+](=O)[O-])cc3)nn2C1. The molecule has 0 N–H and O–H groups in total. The Labute approximate surface area is 110 Å². The van der Waals surface area contributed by atoms with E-state index in [1.165, 1.54) is 12.1 Å². The first-order valence-electron chi connectivity index (χ1n) is 6.32. The number of nitro groups is 1. The van der Waals surface area contributed by atoms with Crippen LogP contribution >= 0.6 is 0 Å². The summed E-state index contributed by atoms with van der Waals surface area (Å²) in [5.41, 5.74) is 0.904. The molecular formula is C13H14N4O2. The molecule has 1 atom stereocenters. The Morgan fingerprint density at radius 1 is 1.37 bits per heavy atom. The fourth-order valence-electron chi connectivity index (χ4n) is 2.32. The van der Waals surface area contributed by atoms with Crippen molar-refractivity contribution in [3.8, 4) is 11.4 Å². The molecule has 1 aliphatic rings. The Morgan fingerprint density at radius 3 is 2.79 bits per heavy atom. The number of non-ortho nitro benzene ring substituents is 1. The van der Waals surface area contributed by atoms with Crippen LogP contribution in [0.2, 0.25) is 0 Å². The largest absolute Gasteiger partial charge is 0.269 e. The van der Waals surface area contributed by atoms with Gasteiger partial charge in [0.1, 0.15) is 5.82 Å². The molecule has 0 amide bonds. The molecule has 0 saturated carbocycles. The minimum atomic E-state index is -0.406. The number of hydrogen-bond donors (Lipinski definition) is 0.